The van der Waals surface area contributed by atoms with Gasteiger partial charge in [0.15, 0.2) is 0 Å². The van der Waals surface area contributed by atoms with E-state index >= 15 is 0 Å². The molecule has 0 saturated carbocycles. The summed E-state index contributed by atoms with van der Waals surface area (Å²) in [5, 5.41) is 6.54. The Kier molecular flexibility index (Phi) is 4.24. The number of H-pyrrole nitrogens is 1. The monoisotopic (exact) mass is 298 g/mol. The van der Waals surface area contributed by atoms with Gasteiger partial charge in [-0.15, -0.1) is 0 Å². The molecule has 1 N–H and O–H groups in total. The molecule has 1 aromatic carbocycles. The van der Waals surface area contributed by atoms with Crippen LogP contribution in [-0.4, -0.2) is 41.3 Å². The molecule has 5 nitrogen and oxygen atoms in total. The number of rotatable bonds is 3. The van der Waals surface area contributed by atoms with Gasteiger partial charge >= 0.3 is 0 Å². The number of piperazine rings is 1. The molecule has 1 aromatic heterocycles. The van der Waals surface area contributed by atoms with Crippen LogP contribution >= 0.6 is 0 Å². The van der Waals surface area contributed by atoms with Crippen molar-refractivity contribution in [2.45, 2.75) is 20.4 Å². The van der Waals surface area contributed by atoms with Crippen molar-refractivity contribution >= 4 is 5.69 Å². The highest BCUT2D eigenvalue weighted by Crippen LogP contribution is 2.18. The lowest BCUT2D eigenvalue weighted by Gasteiger charge is -2.36. The van der Waals surface area contributed by atoms with Crippen LogP contribution in [0.1, 0.15) is 16.8 Å². The van der Waals surface area contributed by atoms with Crippen LogP contribution < -0.4 is 10.5 Å². The highest BCUT2D eigenvalue weighted by atomic mass is 16.1. The number of benzene rings is 1. The minimum atomic E-state index is -0.136. The third kappa shape index (κ3) is 3.20. The Hall–Kier alpha value is -2.14. The Morgan fingerprint density at radius 2 is 1.86 bits per heavy atom. The van der Waals surface area contributed by atoms with Gasteiger partial charge in [-0.1, -0.05) is 24.3 Å². The van der Waals surface area contributed by atoms with Crippen molar-refractivity contribution in [1.29, 1.82) is 0 Å². The van der Waals surface area contributed by atoms with Gasteiger partial charge in [-0.2, -0.15) is 5.10 Å². The van der Waals surface area contributed by atoms with E-state index in [1.54, 1.807) is 6.07 Å². The second kappa shape index (κ2) is 6.32. The number of aromatic nitrogens is 2. The van der Waals surface area contributed by atoms with Gasteiger partial charge in [0.2, 0.25) is 0 Å². The van der Waals surface area contributed by atoms with Gasteiger partial charge in [-0.05, 0) is 25.0 Å². The average Bonchev–Trinajstić information content (AvgIpc) is 2.53. The molecule has 5 heteroatoms. The second-order valence-corrected chi connectivity index (χ2v) is 5.89. The standard InChI is InChI=1S/C17H22N4O/c1-13-5-3-4-6-15(13)12-20-7-9-21(10-8-20)16-11-17(22)19-18-14(16)2/h3-6,11H,7-10,12H2,1-2H3,(H,19,22). The SMILES string of the molecule is Cc1ccccc1CN1CCN(c2cc(=O)[nH]nc2C)CC1. The Labute approximate surface area is 130 Å². The normalized spacial score (nSPS) is 16.0. The van der Waals surface area contributed by atoms with E-state index in [1.807, 2.05) is 6.92 Å². The number of anilines is 1. The highest BCUT2D eigenvalue weighted by molar-refractivity contribution is 5.49. The van der Waals surface area contributed by atoms with Gasteiger partial charge in [0.25, 0.3) is 5.56 Å². The van der Waals surface area contributed by atoms with Crippen molar-refractivity contribution < 1.29 is 0 Å². The fourth-order valence-corrected chi connectivity index (χ4v) is 2.95. The van der Waals surface area contributed by atoms with E-state index < -0.39 is 0 Å². The van der Waals surface area contributed by atoms with Crippen LogP contribution in [0.5, 0.6) is 0 Å². The molecule has 0 aliphatic carbocycles. The largest absolute Gasteiger partial charge is 0.367 e. The van der Waals surface area contributed by atoms with Crippen molar-refractivity contribution in [3.8, 4) is 0 Å². The lowest BCUT2D eigenvalue weighted by molar-refractivity contribution is 0.249. The van der Waals surface area contributed by atoms with Gasteiger partial charge in [0, 0.05) is 38.8 Å². The summed E-state index contributed by atoms with van der Waals surface area (Å²) >= 11 is 0. The number of nitrogens with one attached hydrogen (secondary N) is 1. The number of hydrogen-bond acceptors (Lipinski definition) is 4. The fourth-order valence-electron chi connectivity index (χ4n) is 2.95. The van der Waals surface area contributed by atoms with Crippen LogP contribution in [0.2, 0.25) is 0 Å². The van der Waals surface area contributed by atoms with Crippen LogP contribution in [0, 0.1) is 13.8 Å². The molecule has 3 rings (SSSR count). The summed E-state index contributed by atoms with van der Waals surface area (Å²) in [5.41, 5.74) is 4.44. The van der Waals surface area contributed by atoms with Crippen molar-refractivity contribution in [1.82, 2.24) is 15.1 Å². The summed E-state index contributed by atoms with van der Waals surface area (Å²) in [6.45, 7) is 8.95. The molecule has 22 heavy (non-hydrogen) atoms. The molecule has 0 spiro atoms. The first kappa shape index (κ1) is 14.8. The number of nitrogens with zero attached hydrogens (tertiary/aromatic N) is 3. The van der Waals surface area contributed by atoms with Crippen LogP contribution in [0.15, 0.2) is 35.1 Å². The maximum atomic E-state index is 11.5. The Morgan fingerprint density at radius 1 is 1.14 bits per heavy atom. The molecule has 116 valence electrons. The summed E-state index contributed by atoms with van der Waals surface area (Å²) in [7, 11) is 0. The molecule has 0 amide bonds. The highest BCUT2D eigenvalue weighted by Gasteiger charge is 2.19. The maximum Gasteiger partial charge on any atom is 0.266 e. The van der Waals surface area contributed by atoms with Gasteiger partial charge < -0.3 is 4.90 Å². The lowest BCUT2D eigenvalue weighted by Crippen LogP contribution is -2.46. The summed E-state index contributed by atoms with van der Waals surface area (Å²) in [5.74, 6) is 0. The third-order valence-corrected chi connectivity index (χ3v) is 4.34. The Balaban J connectivity index is 1.64. The third-order valence-electron chi connectivity index (χ3n) is 4.34. The topological polar surface area (TPSA) is 52.2 Å². The molecule has 0 radical (unpaired) electrons. The van der Waals surface area contributed by atoms with Crippen molar-refractivity contribution in [2.24, 2.45) is 0 Å². The smallest absolute Gasteiger partial charge is 0.266 e. The first-order chi connectivity index (χ1) is 10.6. The number of aromatic amines is 1. The van der Waals surface area contributed by atoms with Crippen molar-refractivity contribution in [3.05, 3.63) is 57.5 Å². The molecular weight excluding hydrogens is 276 g/mol. The van der Waals surface area contributed by atoms with E-state index in [0.29, 0.717) is 0 Å². The number of aryl methyl sites for hydroxylation is 2. The van der Waals surface area contributed by atoms with Crippen molar-refractivity contribution in [2.75, 3.05) is 31.1 Å². The molecule has 0 atom stereocenters. The summed E-state index contributed by atoms with van der Waals surface area (Å²) < 4.78 is 0. The molecule has 0 unspecified atom stereocenters. The summed E-state index contributed by atoms with van der Waals surface area (Å²) in [4.78, 5) is 16.2. The van der Waals surface area contributed by atoms with E-state index in [9.17, 15) is 4.79 Å². The van der Waals surface area contributed by atoms with Gasteiger partial charge in [-0.25, -0.2) is 5.10 Å². The molecular formula is C17H22N4O. The van der Waals surface area contributed by atoms with Crippen LogP contribution in [0.4, 0.5) is 5.69 Å². The van der Waals surface area contributed by atoms with Crippen LogP contribution in [0.25, 0.3) is 0 Å². The van der Waals surface area contributed by atoms with Gasteiger partial charge in [-0.3, -0.25) is 9.69 Å². The van der Waals surface area contributed by atoms with E-state index in [4.69, 9.17) is 0 Å². The molecule has 2 heterocycles. The first-order valence-electron chi connectivity index (χ1n) is 7.71. The average molecular weight is 298 g/mol. The van der Waals surface area contributed by atoms with E-state index in [2.05, 4.69) is 51.2 Å². The summed E-state index contributed by atoms with van der Waals surface area (Å²) in [6.07, 6.45) is 0. The fraction of sp³-hybridized carbons (Fsp3) is 0.412. The Bertz CT molecular complexity index is 702. The number of hydrogen-bond donors (Lipinski definition) is 1. The zero-order chi connectivity index (χ0) is 15.5. The van der Waals surface area contributed by atoms with Gasteiger partial charge in [0.05, 0.1) is 11.4 Å². The lowest BCUT2D eigenvalue weighted by atomic mass is 10.1. The molecule has 1 aliphatic rings. The summed E-state index contributed by atoms with van der Waals surface area (Å²) in [6, 6.07) is 10.2. The predicted octanol–water partition coefficient (Wildman–Crippen LogP) is 1.71. The quantitative estimate of drug-likeness (QED) is 0.937. The Morgan fingerprint density at radius 3 is 2.59 bits per heavy atom. The first-order valence-corrected chi connectivity index (χ1v) is 7.71. The zero-order valence-corrected chi connectivity index (χ0v) is 13.2. The zero-order valence-electron chi connectivity index (χ0n) is 13.2. The van der Waals surface area contributed by atoms with E-state index in [0.717, 1.165) is 44.1 Å². The predicted molar refractivity (Wildman–Crippen MR) is 88.3 cm³/mol. The maximum absolute atomic E-state index is 11.5. The molecule has 1 saturated heterocycles. The van der Waals surface area contributed by atoms with E-state index in [1.165, 1.54) is 11.1 Å². The molecule has 0 bridgehead atoms. The van der Waals surface area contributed by atoms with Crippen molar-refractivity contribution in [3.63, 3.8) is 0 Å². The van der Waals surface area contributed by atoms with Gasteiger partial charge in [0.1, 0.15) is 0 Å². The van der Waals surface area contributed by atoms with Crippen LogP contribution in [0.3, 0.4) is 0 Å². The van der Waals surface area contributed by atoms with Crippen LogP contribution in [-0.2, 0) is 6.54 Å². The molecule has 2 aromatic rings. The minimum absolute atomic E-state index is 0.136. The molecule has 1 aliphatic heterocycles. The second-order valence-electron chi connectivity index (χ2n) is 5.89. The van der Waals surface area contributed by atoms with E-state index in [-0.39, 0.29) is 5.56 Å². The minimum Gasteiger partial charge on any atom is -0.367 e. The molecule has 1 fully saturated rings.